The van der Waals surface area contributed by atoms with Gasteiger partial charge in [0.2, 0.25) is 0 Å². The molecule has 0 heterocycles. The predicted molar refractivity (Wildman–Crippen MR) is 55.2 cm³/mol. The first-order chi connectivity index (χ1) is 7.19. The maximum Gasteiger partial charge on any atom is 0.387 e. The molecule has 0 aliphatic rings. The summed E-state index contributed by atoms with van der Waals surface area (Å²) in [5.41, 5.74) is 0.766. The summed E-state index contributed by atoms with van der Waals surface area (Å²) in [6.45, 7) is -0.791. The predicted octanol–water partition coefficient (Wildman–Crippen LogP) is 2.96. The molecular weight excluding hydrogens is 200 g/mol. The van der Waals surface area contributed by atoms with Gasteiger partial charge in [0.05, 0.1) is 0 Å². The SMILES string of the molecule is CCC(NC)c1ccccc1OC(F)F. The van der Waals surface area contributed by atoms with Crippen LogP contribution < -0.4 is 10.1 Å². The van der Waals surface area contributed by atoms with Gasteiger partial charge in [-0.3, -0.25) is 0 Å². The fraction of sp³-hybridized carbons (Fsp3) is 0.455. The van der Waals surface area contributed by atoms with E-state index in [4.69, 9.17) is 0 Å². The largest absolute Gasteiger partial charge is 0.434 e. The Labute approximate surface area is 88.3 Å². The molecule has 2 nitrogen and oxygen atoms in total. The van der Waals surface area contributed by atoms with Crippen LogP contribution in [0.15, 0.2) is 24.3 Å². The van der Waals surface area contributed by atoms with Crippen molar-refractivity contribution < 1.29 is 13.5 Å². The van der Waals surface area contributed by atoms with Gasteiger partial charge in [-0.15, -0.1) is 0 Å². The zero-order chi connectivity index (χ0) is 11.3. The zero-order valence-corrected chi connectivity index (χ0v) is 8.84. The molecule has 0 amide bonds. The molecule has 0 saturated heterocycles. The maximum absolute atomic E-state index is 12.1. The van der Waals surface area contributed by atoms with Gasteiger partial charge < -0.3 is 10.1 Å². The highest BCUT2D eigenvalue weighted by molar-refractivity contribution is 5.35. The molecule has 1 unspecified atom stereocenters. The Morgan fingerprint density at radius 1 is 1.33 bits per heavy atom. The fourth-order valence-electron chi connectivity index (χ4n) is 1.55. The smallest absolute Gasteiger partial charge is 0.387 e. The number of halogens is 2. The van der Waals surface area contributed by atoms with E-state index in [-0.39, 0.29) is 11.8 Å². The van der Waals surface area contributed by atoms with E-state index in [1.807, 2.05) is 13.0 Å². The number of alkyl halides is 2. The minimum Gasteiger partial charge on any atom is -0.434 e. The molecule has 0 spiro atoms. The van der Waals surface area contributed by atoms with Crippen LogP contribution >= 0.6 is 0 Å². The summed E-state index contributed by atoms with van der Waals surface area (Å²) in [5, 5.41) is 3.06. The minimum atomic E-state index is -2.78. The maximum atomic E-state index is 12.1. The van der Waals surface area contributed by atoms with Crippen LogP contribution in [0, 0.1) is 0 Å². The van der Waals surface area contributed by atoms with Gasteiger partial charge in [-0.1, -0.05) is 25.1 Å². The van der Waals surface area contributed by atoms with Crippen LogP contribution in [0.3, 0.4) is 0 Å². The normalized spacial score (nSPS) is 12.9. The van der Waals surface area contributed by atoms with Crippen molar-refractivity contribution >= 4 is 0 Å². The van der Waals surface area contributed by atoms with E-state index < -0.39 is 6.61 Å². The highest BCUT2D eigenvalue weighted by atomic mass is 19.3. The van der Waals surface area contributed by atoms with Gasteiger partial charge in [-0.25, -0.2) is 0 Å². The first-order valence-electron chi connectivity index (χ1n) is 4.90. The lowest BCUT2D eigenvalue weighted by atomic mass is 10.0. The minimum absolute atomic E-state index is 0.0416. The lowest BCUT2D eigenvalue weighted by Gasteiger charge is -2.18. The van der Waals surface area contributed by atoms with Gasteiger partial charge in [0.1, 0.15) is 5.75 Å². The lowest BCUT2D eigenvalue weighted by Crippen LogP contribution is -2.17. The average Bonchev–Trinajstić information content (AvgIpc) is 2.21. The monoisotopic (exact) mass is 215 g/mol. The van der Waals surface area contributed by atoms with Crippen LogP contribution in [0.2, 0.25) is 0 Å². The molecule has 0 bridgehead atoms. The molecule has 15 heavy (non-hydrogen) atoms. The van der Waals surface area contributed by atoms with E-state index in [1.54, 1.807) is 25.2 Å². The number of para-hydroxylation sites is 1. The summed E-state index contributed by atoms with van der Waals surface area (Å²) in [5.74, 6) is 0.244. The van der Waals surface area contributed by atoms with Crippen molar-refractivity contribution in [2.24, 2.45) is 0 Å². The molecule has 1 aromatic carbocycles. The molecule has 1 aromatic rings. The molecule has 1 rings (SSSR count). The number of ether oxygens (including phenoxy) is 1. The average molecular weight is 215 g/mol. The molecule has 84 valence electrons. The number of rotatable bonds is 5. The molecular formula is C11H15F2NO. The Balaban J connectivity index is 2.94. The van der Waals surface area contributed by atoms with E-state index in [0.717, 1.165) is 12.0 Å². The van der Waals surface area contributed by atoms with Gasteiger partial charge in [-0.05, 0) is 19.5 Å². The molecule has 0 fully saturated rings. The van der Waals surface area contributed by atoms with Gasteiger partial charge >= 0.3 is 6.61 Å². The van der Waals surface area contributed by atoms with Crippen molar-refractivity contribution in [1.29, 1.82) is 0 Å². The summed E-state index contributed by atoms with van der Waals surface area (Å²) in [6.07, 6.45) is 0.820. The second-order valence-corrected chi connectivity index (χ2v) is 3.17. The van der Waals surface area contributed by atoms with Crippen molar-refractivity contribution in [1.82, 2.24) is 5.32 Å². The fourth-order valence-corrected chi connectivity index (χ4v) is 1.55. The van der Waals surface area contributed by atoms with Crippen molar-refractivity contribution in [2.75, 3.05) is 7.05 Å². The molecule has 1 N–H and O–H groups in total. The second-order valence-electron chi connectivity index (χ2n) is 3.17. The number of nitrogens with one attached hydrogen (secondary N) is 1. The van der Waals surface area contributed by atoms with Crippen molar-refractivity contribution in [2.45, 2.75) is 26.0 Å². The molecule has 0 saturated carbocycles. The van der Waals surface area contributed by atoms with Gasteiger partial charge in [0.25, 0.3) is 0 Å². The standard InChI is InChI=1S/C11H15F2NO/c1-3-9(14-2)8-6-4-5-7-10(8)15-11(12)13/h4-7,9,11,14H,3H2,1-2H3. The van der Waals surface area contributed by atoms with E-state index in [0.29, 0.717) is 0 Å². The number of hydrogen-bond donors (Lipinski definition) is 1. The zero-order valence-electron chi connectivity index (χ0n) is 8.84. The Morgan fingerprint density at radius 3 is 2.53 bits per heavy atom. The topological polar surface area (TPSA) is 21.3 Å². The van der Waals surface area contributed by atoms with Crippen molar-refractivity contribution in [3.05, 3.63) is 29.8 Å². The third-order valence-corrected chi connectivity index (χ3v) is 2.27. The molecule has 0 aliphatic carbocycles. The highest BCUT2D eigenvalue weighted by Gasteiger charge is 2.14. The van der Waals surface area contributed by atoms with E-state index in [1.165, 1.54) is 0 Å². The molecule has 4 heteroatoms. The van der Waals surface area contributed by atoms with Gasteiger partial charge in [0.15, 0.2) is 0 Å². The van der Waals surface area contributed by atoms with Crippen LogP contribution in [0.5, 0.6) is 5.75 Å². The molecule has 0 aliphatic heterocycles. The van der Waals surface area contributed by atoms with Crippen LogP contribution in [0.4, 0.5) is 8.78 Å². The van der Waals surface area contributed by atoms with Gasteiger partial charge in [0, 0.05) is 11.6 Å². The summed E-state index contributed by atoms with van der Waals surface area (Å²) in [7, 11) is 1.80. The van der Waals surface area contributed by atoms with E-state index >= 15 is 0 Å². The summed E-state index contributed by atoms with van der Waals surface area (Å²) in [4.78, 5) is 0. The number of hydrogen-bond acceptors (Lipinski definition) is 2. The van der Waals surface area contributed by atoms with E-state index in [2.05, 4.69) is 10.1 Å². The molecule has 0 radical (unpaired) electrons. The van der Waals surface area contributed by atoms with Crippen LogP contribution in [0.1, 0.15) is 24.9 Å². The van der Waals surface area contributed by atoms with Crippen LogP contribution in [-0.2, 0) is 0 Å². The third kappa shape index (κ3) is 3.16. The Hall–Kier alpha value is -1.16. The van der Waals surface area contributed by atoms with Gasteiger partial charge in [-0.2, -0.15) is 8.78 Å². The second kappa shape index (κ2) is 5.66. The Morgan fingerprint density at radius 2 is 2.00 bits per heavy atom. The summed E-state index contributed by atoms with van der Waals surface area (Å²) in [6, 6.07) is 6.89. The quantitative estimate of drug-likeness (QED) is 0.815. The summed E-state index contributed by atoms with van der Waals surface area (Å²) < 4.78 is 28.7. The van der Waals surface area contributed by atoms with Crippen LogP contribution in [-0.4, -0.2) is 13.7 Å². The lowest BCUT2D eigenvalue weighted by molar-refractivity contribution is -0.0507. The first-order valence-corrected chi connectivity index (χ1v) is 4.90. The van der Waals surface area contributed by atoms with Crippen molar-refractivity contribution in [3.8, 4) is 5.75 Å². The molecule has 0 aromatic heterocycles. The molecule has 1 atom stereocenters. The Bertz CT molecular complexity index is 300. The number of benzene rings is 1. The highest BCUT2D eigenvalue weighted by Crippen LogP contribution is 2.27. The van der Waals surface area contributed by atoms with Crippen molar-refractivity contribution in [3.63, 3.8) is 0 Å². The Kier molecular flexibility index (Phi) is 4.49. The van der Waals surface area contributed by atoms with E-state index in [9.17, 15) is 8.78 Å². The first kappa shape index (κ1) is 11.9. The van der Waals surface area contributed by atoms with Crippen LogP contribution in [0.25, 0.3) is 0 Å². The third-order valence-electron chi connectivity index (χ3n) is 2.27. The summed E-state index contributed by atoms with van der Waals surface area (Å²) >= 11 is 0.